The summed E-state index contributed by atoms with van der Waals surface area (Å²) >= 11 is 0. The van der Waals surface area contributed by atoms with Crippen LogP contribution in [0.4, 0.5) is 10.5 Å². The molecule has 3 N–H and O–H groups in total. The number of carbonyl (C=O) groups is 2. The number of benzene rings is 2. The molecule has 2 unspecified atom stereocenters. The molecule has 39 heavy (non-hydrogen) atoms. The fourth-order valence-electron chi connectivity index (χ4n) is 5.78. The summed E-state index contributed by atoms with van der Waals surface area (Å²) in [6.07, 6.45) is 6.65. The second kappa shape index (κ2) is 13.1. The van der Waals surface area contributed by atoms with Crippen molar-refractivity contribution in [3.05, 3.63) is 65.7 Å². The molecule has 210 valence electrons. The van der Waals surface area contributed by atoms with Crippen molar-refractivity contribution in [1.29, 1.82) is 0 Å². The number of nitrogens with one attached hydrogen (secondary N) is 1. The number of nitrogens with zero attached hydrogens (tertiary/aromatic N) is 4. The fraction of sp³-hybridized carbons (Fsp3) is 0.516. The van der Waals surface area contributed by atoms with Gasteiger partial charge in [0.1, 0.15) is 5.84 Å². The molecule has 2 aliphatic rings. The number of amides is 3. The smallest absolute Gasteiger partial charge is 0.328 e. The van der Waals surface area contributed by atoms with E-state index >= 15 is 0 Å². The Labute approximate surface area is 233 Å². The van der Waals surface area contributed by atoms with E-state index in [1.54, 1.807) is 0 Å². The maximum absolute atomic E-state index is 14.1. The van der Waals surface area contributed by atoms with E-state index in [2.05, 4.69) is 36.6 Å². The molecule has 2 aromatic rings. The van der Waals surface area contributed by atoms with Crippen LogP contribution in [0.25, 0.3) is 0 Å². The third-order valence-corrected chi connectivity index (χ3v) is 7.84. The number of urea groups is 1. The Kier molecular flexibility index (Phi) is 9.62. The maximum Gasteiger partial charge on any atom is 0.328 e. The molecule has 8 nitrogen and oxygen atoms in total. The van der Waals surface area contributed by atoms with Crippen LogP contribution in [0.1, 0.15) is 70.4 Å². The van der Waals surface area contributed by atoms with Gasteiger partial charge < -0.3 is 5.73 Å². The van der Waals surface area contributed by atoms with Gasteiger partial charge in [0.05, 0.1) is 0 Å². The second-order valence-electron chi connectivity index (χ2n) is 10.5. The molecule has 1 fully saturated rings. The van der Waals surface area contributed by atoms with Crippen LogP contribution in [0.2, 0.25) is 0 Å². The SMILES string of the molecule is CCCCCN1C(=O)C2N(NCC)C(Cc3ccccc3)=NC2(CC)N(CCCCc2ccc(N)cc2)C1=O. The van der Waals surface area contributed by atoms with Gasteiger partial charge in [-0.1, -0.05) is 76.1 Å². The number of unbranched alkanes of at least 4 members (excludes halogenated alkanes) is 3. The minimum Gasteiger partial charge on any atom is -0.399 e. The molecule has 0 radical (unpaired) electrons. The van der Waals surface area contributed by atoms with Crippen LogP contribution in [-0.4, -0.2) is 63.9 Å². The Morgan fingerprint density at radius 3 is 2.28 bits per heavy atom. The molecule has 0 aromatic heterocycles. The molecule has 2 atom stereocenters. The first-order valence-corrected chi connectivity index (χ1v) is 14.6. The summed E-state index contributed by atoms with van der Waals surface area (Å²) in [7, 11) is 0. The first kappa shape index (κ1) is 28.6. The molecule has 0 aliphatic carbocycles. The molecule has 1 saturated heterocycles. The maximum atomic E-state index is 14.1. The summed E-state index contributed by atoms with van der Waals surface area (Å²) in [5.41, 5.74) is 11.5. The lowest BCUT2D eigenvalue weighted by Crippen LogP contribution is -2.73. The number of hydrogen-bond donors (Lipinski definition) is 2. The van der Waals surface area contributed by atoms with Gasteiger partial charge in [-0.15, -0.1) is 0 Å². The summed E-state index contributed by atoms with van der Waals surface area (Å²) in [5, 5.41) is 1.96. The van der Waals surface area contributed by atoms with E-state index in [0.29, 0.717) is 32.5 Å². The summed E-state index contributed by atoms with van der Waals surface area (Å²) in [4.78, 5) is 36.7. The highest BCUT2D eigenvalue weighted by Crippen LogP contribution is 2.40. The highest BCUT2D eigenvalue weighted by molar-refractivity contribution is 6.05. The molecule has 0 spiro atoms. The summed E-state index contributed by atoms with van der Waals surface area (Å²) < 4.78 is 0. The van der Waals surface area contributed by atoms with Gasteiger partial charge in [0.2, 0.25) is 0 Å². The van der Waals surface area contributed by atoms with Crippen LogP contribution in [0.3, 0.4) is 0 Å². The number of fused-ring (bicyclic) bond motifs is 1. The number of hydrazine groups is 1. The van der Waals surface area contributed by atoms with Crippen LogP contribution in [0, 0.1) is 0 Å². The van der Waals surface area contributed by atoms with Crippen LogP contribution in [-0.2, 0) is 17.6 Å². The Hall–Kier alpha value is -3.39. The topological polar surface area (TPSA) is 94.3 Å². The van der Waals surface area contributed by atoms with Gasteiger partial charge in [0.15, 0.2) is 11.7 Å². The molecule has 2 aliphatic heterocycles. The quantitative estimate of drug-likeness (QED) is 0.264. The zero-order chi connectivity index (χ0) is 27.8. The predicted molar refractivity (Wildman–Crippen MR) is 157 cm³/mol. The van der Waals surface area contributed by atoms with Gasteiger partial charge in [0.25, 0.3) is 5.91 Å². The monoisotopic (exact) mass is 532 g/mol. The number of rotatable bonds is 14. The highest BCUT2D eigenvalue weighted by Gasteiger charge is 2.61. The predicted octanol–water partition coefficient (Wildman–Crippen LogP) is 5.00. The first-order chi connectivity index (χ1) is 18.9. The summed E-state index contributed by atoms with van der Waals surface area (Å²) in [6.45, 7) is 7.85. The number of aryl methyl sites for hydroxylation is 1. The zero-order valence-electron chi connectivity index (χ0n) is 23.7. The third kappa shape index (κ3) is 6.11. The molecule has 0 bridgehead atoms. The minimum absolute atomic E-state index is 0.149. The lowest BCUT2D eigenvalue weighted by atomic mass is 9.91. The molecular weight excluding hydrogens is 488 g/mol. The van der Waals surface area contributed by atoms with Crippen molar-refractivity contribution in [2.75, 3.05) is 25.4 Å². The summed E-state index contributed by atoms with van der Waals surface area (Å²) in [5.74, 6) is 0.655. The van der Waals surface area contributed by atoms with Crippen molar-refractivity contribution in [1.82, 2.24) is 20.2 Å². The van der Waals surface area contributed by atoms with Crippen LogP contribution in [0.5, 0.6) is 0 Å². The number of hydrogen-bond acceptors (Lipinski definition) is 6. The van der Waals surface area contributed by atoms with Crippen molar-refractivity contribution in [3.8, 4) is 0 Å². The molecule has 2 heterocycles. The molecule has 4 rings (SSSR count). The van der Waals surface area contributed by atoms with E-state index in [4.69, 9.17) is 10.7 Å². The van der Waals surface area contributed by atoms with E-state index in [-0.39, 0.29) is 11.9 Å². The Morgan fingerprint density at radius 1 is 0.897 bits per heavy atom. The molecule has 0 saturated carbocycles. The van der Waals surface area contributed by atoms with Crippen molar-refractivity contribution in [2.24, 2.45) is 4.99 Å². The molecule has 3 amide bonds. The van der Waals surface area contributed by atoms with Gasteiger partial charge in [-0.3, -0.25) is 19.6 Å². The Balaban J connectivity index is 1.63. The number of imide groups is 1. The van der Waals surface area contributed by atoms with E-state index in [9.17, 15) is 9.59 Å². The fourth-order valence-corrected chi connectivity index (χ4v) is 5.78. The van der Waals surface area contributed by atoms with Gasteiger partial charge >= 0.3 is 6.03 Å². The average molecular weight is 533 g/mol. The minimum atomic E-state index is -0.928. The standard InChI is InChI=1S/C31H44N6O2/c1-4-7-12-21-35-29(38)28-31(5-2,34-27(37(28)33-6-3)23-25-15-9-8-10-16-25)36(30(35)39)22-13-11-14-24-17-19-26(32)20-18-24/h8-10,15-20,28,33H,4-7,11-14,21-23,32H2,1-3H3. The van der Waals surface area contributed by atoms with Crippen molar-refractivity contribution in [2.45, 2.75) is 83.8 Å². The molecule has 2 aromatic carbocycles. The van der Waals surface area contributed by atoms with Crippen molar-refractivity contribution < 1.29 is 9.59 Å². The zero-order valence-corrected chi connectivity index (χ0v) is 23.7. The highest BCUT2D eigenvalue weighted by atomic mass is 16.2. The van der Waals surface area contributed by atoms with Gasteiger partial charge in [0, 0.05) is 31.7 Å². The number of nitrogens with two attached hydrogens (primary N) is 1. The molecule has 8 heteroatoms. The normalized spacial score (nSPS) is 20.9. The first-order valence-electron chi connectivity index (χ1n) is 14.6. The number of aliphatic imine (C=N–C) groups is 1. The lowest BCUT2D eigenvalue weighted by molar-refractivity contribution is -0.144. The Bertz CT molecular complexity index is 1140. The molecular formula is C31H44N6O2. The lowest BCUT2D eigenvalue weighted by Gasteiger charge is -2.50. The van der Waals surface area contributed by atoms with E-state index in [1.165, 1.54) is 10.5 Å². The largest absolute Gasteiger partial charge is 0.399 e. The van der Waals surface area contributed by atoms with Crippen molar-refractivity contribution >= 4 is 23.5 Å². The Morgan fingerprint density at radius 2 is 1.62 bits per heavy atom. The van der Waals surface area contributed by atoms with Crippen molar-refractivity contribution in [3.63, 3.8) is 0 Å². The number of carbonyl (C=O) groups excluding carboxylic acids is 2. The third-order valence-electron chi connectivity index (χ3n) is 7.84. The second-order valence-corrected chi connectivity index (χ2v) is 10.5. The van der Waals surface area contributed by atoms with Crippen LogP contribution >= 0.6 is 0 Å². The number of amidine groups is 1. The van der Waals surface area contributed by atoms with Gasteiger partial charge in [-0.05, 0) is 55.4 Å². The van der Waals surface area contributed by atoms with E-state index in [0.717, 1.165) is 55.6 Å². The van der Waals surface area contributed by atoms with Crippen LogP contribution < -0.4 is 11.2 Å². The summed E-state index contributed by atoms with van der Waals surface area (Å²) in [6, 6.07) is 17.4. The van der Waals surface area contributed by atoms with E-state index in [1.807, 2.05) is 54.1 Å². The average Bonchev–Trinajstić information content (AvgIpc) is 3.25. The number of nitrogen functional groups attached to an aromatic ring is 1. The van der Waals surface area contributed by atoms with Crippen LogP contribution in [0.15, 0.2) is 59.6 Å². The van der Waals surface area contributed by atoms with Gasteiger partial charge in [-0.2, -0.15) is 0 Å². The van der Waals surface area contributed by atoms with Gasteiger partial charge in [-0.25, -0.2) is 15.2 Å². The van der Waals surface area contributed by atoms with E-state index < -0.39 is 11.7 Å². The number of anilines is 1.